The van der Waals surface area contributed by atoms with Crippen molar-refractivity contribution in [2.75, 3.05) is 0 Å². The SMILES string of the molecule is O=C1C=CC(=O)[CH-]1.O=C1C=CC(=O)[N-]1.[Ru+4].c1ccc(-c2ccccn2)nc1.c1ccc(-c2ccccn2)nc1. The maximum Gasteiger partial charge on any atom is 4.00 e. The number of hydrogen-bond donors (Lipinski definition) is 0. The second-order valence-electron chi connectivity index (χ2n) is 7.26. The summed E-state index contributed by atoms with van der Waals surface area (Å²) in [5.74, 6) is -1.31. The van der Waals surface area contributed by atoms with E-state index in [1.165, 1.54) is 12.2 Å². The van der Waals surface area contributed by atoms with E-state index in [4.69, 9.17) is 0 Å². The molecule has 0 bridgehead atoms. The van der Waals surface area contributed by atoms with Crippen LogP contribution in [0.4, 0.5) is 0 Å². The molecule has 0 spiro atoms. The summed E-state index contributed by atoms with van der Waals surface area (Å²) in [4.78, 5) is 56.9. The van der Waals surface area contributed by atoms with Crippen LogP contribution in [0.25, 0.3) is 28.1 Å². The molecule has 192 valence electrons. The quantitative estimate of drug-likeness (QED) is 0.189. The van der Waals surface area contributed by atoms with E-state index in [1.54, 1.807) is 24.8 Å². The Hall–Kier alpha value is -4.95. The molecule has 0 aromatic carbocycles. The molecule has 0 N–H and O–H groups in total. The van der Waals surface area contributed by atoms with Gasteiger partial charge in [-0.1, -0.05) is 30.7 Å². The Kier molecular flexibility index (Phi) is 13.0. The average Bonchev–Trinajstić information content (AvgIpc) is 3.56. The molecule has 0 unspecified atom stereocenters. The average molecular weight is 605 g/mol. The van der Waals surface area contributed by atoms with Gasteiger partial charge in [-0.15, -0.1) is 0 Å². The van der Waals surface area contributed by atoms with Crippen LogP contribution in [-0.4, -0.2) is 43.3 Å². The van der Waals surface area contributed by atoms with Gasteiger partial charge in [0.25, 0.3) is 0 Å². The topological polar surface area (TPSA) is 134 Å². The van der Waals surface area contributed by atoms with Crippen LogP contribution in [0.5, 0.6) is 0 Å². The smallest absolute Gasteiger partial charge is 0.589 e. The number of allylic oxidation sites excluding steroid dienone is 2. The van der Waals surface area contributed by atoms with E-state index < -0.39 is 11.8 Å². The van der Waals surface area contributed by atoms with Gasteiger partial charge in [-0.3, -0.25) is 19.9 Å². The third-order valence-corrected chi connectivity index (χ3v) is 4.47. The molecule has 2 amide bonds. The number of ketones is 2. The Labute approximate surface area is 237 Å². The van der Waals surface area contributed by atoms with Crippen molar-refractivity contribution in [3.63, 3.8) is 0 Å². The Morgan fingerprint density at radius 1 is 0.462 bits per heavy atom. The number of pyridine rings is 4. The standard InChI is InChI=1S/2C10H8N2.C5H3O2.C4H3NO2.Ru/c2*1-3-7-11-9(5-1)10-6-2-4-8-12-10;6-4-1-2-5(7)3-4;6-3-1-2-4(7)5-3;/h2*1-8H;1-3H;1-2H,(H,5,6,7);/q;;-1;;+4/p-1. The first-order valence-corrected chi connectivity index (χ1v) is 11.2. The Bertz CT molecular complexity index is 1200. The first-order chi connectivity index (χ1) is 18.5. The summed E-state index contributed by atoms with van der Waals surface area (Å²) in [7, 11) is 0. The molecule has 0 fully saturated rings. The molecule has 9 nitrogen and oxygen atoms in total. The molecule has 1 aliphatic carbocycles. The molecule has 6 rings (SSSR count). The molecule has 4 aromatic heterocycles. The van der Waals surface area contributed by atoms with Gasteiger partial charge in [0.2, 0.25) is 0 Å². The first-order valence-electron chi connectivity index (χ1n) is 11.2. The summed E-state index contributed by atoms with van der Waals surface area (Å²) in [6.07, 6.45) is 12.9. The number of carbonyl (C=O) groups is 4. The van der Waals surface area contributed by atoms with Crippen molar-refractivity contribution in [3.05, 3.63) is 134 Å². The van der Waals surface area contributed by atoms with Crippen molar-refractivity contribution < 1.29 is 38.7 Å². The molecule has 4 aromatic rings. The van der Waals surface area contributed by atoms with Gasteiger partial charge in [-0.05, 0) is 60.7 Å². The van der Waals surface area contributed by atoms with Crippen LogP contribution in [-0.2, 0) is 38.7 Å². The minimum Gasteiger partial charge on any atom is -0.589 e. The van der Waals surface area contributed by atoms with Crippen LogP contribution in [0.1, 0.15) is 0 Å². The Morgan fingerprint density at radius 2 is 0.769 bits per heavy atom. The van der Waals surface area contributed by atoms with Crippen molar-refractivity contribution >= 4 is 23.4 Å². The number of amides is 2. The van der Waals surface area contributed by atoms with E-state index >= 15 is 0 Å². The second kappa shape index (κ2) is 16.7. The second-order valence-corrected chi connectivity index (χ2v) is 7.26. The fourth-order valence-electron chi connectivity index (χ4n) is 2.78. The van der Waals surface area contributed by atoms with Crippen LogP contribution in [0.15, 0.2) is 122 Å². The molecule has 10 heteroatoms. The normalized spacial score (nSPS) is 12.3. The van der Waals surface area contributed by atoms with Crippen LogP contribution in [0.3, 0.4) is 0 Å². The van der Waals surface area contributed by atoms with Gasteiger partial charge in [-0.25, -0.2) is 0 Å². The number of nitrogens with zero attached hydrogens (tertiary/aromatic N) is 5. The first kappa shape index (κ1) is 30.3. The molecule has 0 saturated heterocycles. The minimum absolute atomic E-state index is 0. The maximum absolute atomic E-state index is 10.1. The van der Waals surface area contributed by atoms with Crippen LogP contribution in [0.2, 0.25) is 0 Å². The van der Waals surface area contributed by atoms with E-state index in [9.17, 15) is 19.2 Å². The third-order valence-electron chi connectivity index (χ3n) is 4.47. The van der Waals surface area contributed by atoms with E-state index in [0.717, 1.165) is 41.3 Å². The summed E-state index contributed by atoms with van der Waals surface area (Å²) in [5.41, 5.74) is 3.66. The van der Waals surface area contributed by atoms with Gasteiger partial charge < -0.3 is 24.5 Å². The van der Waals surface area contributed by atoms with Crippen molar-refractivity contribution in [1.82, 2.24) is 19.9 Å². The Morgan fingerprint density at radius 3 is 0.923 bits per heavy atom. The van der Waals surface area contributed by atoms with Crippen molar-refractivity contribution in [2.45, 2.75) is 0 Å². The molecule has 0 saturated carbocycles. The van der Waals surface area contributed by atoms with Crippen LogP contribution >= 0.6 is 0 Å². The fourth-order valence-corrected chi connectivity index (χ4v) is 2.78. The summed E-state index contributed by atoms with van der Waals surface area (Å²) in [6.45, 7) is 0. The van der Waals surface area contributed by atoms with Crippen LogP contribution in [0, 0.1) is 6.42 Å². The third kappa shape index (κ3) is 11.3. The zero-order chi connectivity index (χ0) is 27.0. The summed E-state index contributed by atoms with van der Waals surface area (Å²) in [5, 5.41) is 3.00. The van der Waals surface area contributed by atoms with Crippen molar-refractivity contribution in [3.8, 4) is 22.8 Å². The molecular formula is C29H21N5O4Ru+2. The van der Waals surface area contributed by atoms with E-state index in [2.05, 4.69) is 25.3 Å². The van der Waals surface area contributed by atoms with E-state index in [0.29, 0.717) is 0 Å². The molecule has 2 aliphatic rings. The number of hydrogen-bond acceptors (Lipinski definition) is 8. The van der Waals surface area contributed by atoms with Gasteiger partial charge in [0.15, 0.2) is 0 Å². The summed E-state index contributed by atoms with van der Waals surface area (Å²) >= 11 is 0. The molecule has 1 aliphatic heterocycles. The zero-order valence-electron chi connectivity index (χ0n) is 20.3. The van der Waals surface area contributed by atoms with Crippen molar-refractivity contribution in [2.24, 2.45) is 0 Å². The predicted molar refractivity (Wildman–Crippen MR) is 141 cm³/mol. The largest absolute Gasteiger partial charge is 4.00 e. The van der Waals surface area contributed by atoms with Crippen molar-refractivity contribution in [1.29, 1.82) is 0 Å². The Balaban J connectivity index is 0.000000187. The molecule has 0 atom stereocenters. The number of carbonyl (C=O) groups excluding carboxylic acids is 4. The van der Waals surface area contributed by atoms with E-state index in [1.807, 2.05) is 72.8 Å². The molecule has 0 radical (unpaired) electrons. The van der Waals surface area contributed by atoms with Gasteiger partial charge in [0.05, 0.1) is 46.2 Å². The number of rotatable bonds is 2. The van der Waals surface area contributed by atoms with E-state index in [-0.39, 0.29) is 31.0 Å². The van der Waals surface area contributed by atoms with Gasteiger partial charge in [0, 0.05) is 24.8 Å². The fraction of sp³-hybridized carbons (Fsp3) is 0. The summed E-state index contributed by atoms with van der Waals surface area (Å²) in [6, 6.07) is 23.2. The predicted octanol–water partition coefficient (Wildman–Crippen LogP) is 4.17. The van der Waals surface area contributed by atoms with Gasteiger partial charge >= 0.3 is 19.5 Å². The zero-order valence-corrected chi connectivity index (χ0v) is 22.1. The summed E-state index contributed by atoms with van der Waals surface area (Å²) < 4.78 is 0. The monoisotopic (exact) mass is 605 g/mol. The minimum atomic E-state index is -0.454. The molecular weight excluding hydrogens is 583 g/mol. The van der Waals surface area contributed by atoms with Gasteiger partial charge in [-0.2, -0.15) is 12.2 Å². The number of aromatic nitrogens is 4. The van der Waals surface area contributed by atoms with Crippen LogP contribution < -0.4 is 0 Å². The van der Waals surface area contributed by atoms with Gasteiger partial charge in [0.1, 0.15) is 0 Å². The maximum atomic E-state index is 10.1. The molecule has 39 heavy (non-hydrogen) atoms. The molecule has 5 heterocycles. The number of imide groups is 1.